The van der Waals surface area contributed by atoms with Crippen molar-refractivity contribution < 1.29 is 9.84 Å². The third-order valence-corrected chi connectivity index (χ3v) is 3.12. The van der Waals surface area contributed by atoms with Crippen LogP contribution in [-0.4, -0.2) is 27.4 Å². The standard InChI is InChI=1S/C13H15BrN2O2/c1-10-15-6-7-16(10)8-12(17)9-18-13-4-2-11(14)3-5-13/h2-7,12,17H,8-9H2,1H3. The highest BCUT2D eigenvalue weighted by Crippen LogP contribution is 2.16. The Morgan fingerprint density at radius 1 is 1.39 bits per heavy atom. The largest absolute Gasteiger partial charge is 0.491 e. The van der Waals surface area contributed by atoms with Gasteiger partial charge in [0.05, 0.1) is 6.54 Å². The fourth-order valence-corrected chi connectivity index (χ4v) is 1.86. The Morgan fingerprint density at radius 3 is 2.72 bits per heavy atom. The first-order valence-electron chi connectivity index (χ1n) is 5.69. The van der Waals surface area contributed by atoms with Crippen LogP contribution in [0.4, 0.5) is 0 Å². The van der Waals surface area contributed by atoms with Crippen molar-refractivity contribution >= 4 is 15.9 Å². The molecular formula is C13H15BrN2O2. The molecule has 0 saturated carbocycles. The summed E-state index contributed by atoms with van der Waals surface area (Å²) < 4.78 is 8.41. The molecule has 4 nitrogen and oxygen atoms in total. The smallest absolute Gasteiger partial charge is 0.119 e. The number of aryl methyl sites for hydroxylation is 1. The van der Waals surface area contributed by atoms with Crippen LogP contribution in [0.5, 0.6) is 5.75 Å². The molecule has 18 heavy (non-hydrogen) atoms. The van der Waals surface area contributed by atoms with E-state index >= 15 is 0 Å². The molecule has 1 N–H and O–H groups in total. The van der Waals surface area contributed by atoms with Crippen LogP contribution in [0.25, 0.3) is 0 Å². The van der Waals surface area contributed by atoms with Gasteiger partial charge in [-0.3, -0.25) is 0 Å². The van der Waals surface area contributed by atoms with Gasteiger partial charge in [-0.2, -0.15) is 0 Å². The van der Waals surface area contributed by atoms with E-state index in [0.29, 0.717) is 6.54 Å². The molecule has 5 heteroatoms. The van der Waals surface area contributed by atoms with Crippen molar-refractivity contribution in [1.29, 1.82) is 0 Å². The fraction of sp³-hybridized carbons (Fsp3) is 0.308. The molecular weight excluding hydrogens is 296 g/mol. The Labute approximate surface area is 114 Å². The normalized spacial score (nSPS) is 12.4. The van der Waals surface area contributed by atoms with Gasteiger partial charge < -0.3 is 14.4 Å². The number of aliphatic hydroxyl groups is 1. The van der Waals surface area contributed by atoms with E-state index in [1.165, 1.54) is 0 Å². The lowest BCUT2D eigenvalue weighted by atomic mass is 10.3. The summed E-state index contributed by atoms with van der Waals surface area (Å²) in [5, 5.41) is 9.88. The van der Waals surface area contributed by atoms with E-state index in [4.69, 9.17) is 4.74 Å². The van der Waals surface area contributed by atoms with Crippen molar-refractivity contribution in [3.63, 3.8) is 0 Å². The van der Waals surface area contributed by atoms with Crippen LogP contribution in [0, 0.1) is 6.92 Å². The monoisotopic (exact) mass is 310 g/mol. The number of ether oxygens (including phenoxy) is 1. The van der Waals surface area contributed by atoms with Crippen molar-refractivity contribution in [1.82, 2.24) is 9.55 Å². The van der Waals surface area contributed by atoms with Gasteiger partial charge in [0, 0.05) is 16.9 Å². The second kappa shape index (κ2) is 6.02. The van der Waals surface area contributed by atoms with E-state index in [9.17, 15) is 5.11 Å². The van der Waals surface area contributed by atoms with Crippen molar-refractivity contribution in [3.8, 4) is 5.75 Å². The molecule has 0 bridgehead atoms. The minimum Gasteiger partial charge on any atom is -0.491 e. The molecule has 0 radical (unpaired) electrons. The molecule has 0 aliphatic heterocycles. The van der Waals surface area contributed by atoms with E-state index in [0.717, 1.165) is 16.0 Å². The van der Waals surface area contributed by atoms with Crippen molar-refractivity contribution in [2.45, 2.75) is 19.6 Å². The minimum absolute atomic E-state index is 0.263. The van der Waals surface area contributed by atoms with Gasteiger partial charge in [-0.05, 0) is 31.2 Å². The number of hydrogen-bond donors (Lipinski definition) is 1. The summed E-state index contributed by atoms with van der Waals surface area (Å²) in [6, 6.07) is 7.53. The maximum Gasteiger partial charge on any atom is 0.119 e. The lowest BCUT2D eigenvalue weighted by Crippen LogP contribution is -2.23. The number of nitrogens with zero attached hydrogens (tertiary/aromatic N) is 2. The van der Waals surface area contributed by atoms with Crippen molar-refractivity contribution in [2.75, 3.05) is 6.61 Å². The van der Waals surface area contributed by atoms with Crippen molar-refractivity contribution in [2.24, 2.45) is 0 Å². The molecule has 0 amide bonds. The Morgan fingerprint density at radius 2 is 2.11 bits per heavy atom. The zero-order valence-electron chi connectivity index (χ0n) is 10.1. The molecule has 0 aliphatic carbocycles. The Bertz CT molecular complexity index is 496. The summed E-state index contributed by atoms with van der Waals surface area (Å²) in [4.78, 5) is 4.10. The number of aromatic nitrogens is 2. The van der Waals surface area contributed by atoms with Crippen molar-refractivity contribution in [3.05, 3.63) is 47.0 Å². The third kappa shape index (κ3) is 3.58. The predicted octanol–water partition coefficient (Wildman–Crippen LogP) is 2.39. The zero-order chi connectivity index (χ0) is 13.0. The van der Waals surface area contributed by atoms with E-state index < -0.39 is 6.10 Å². The van der Waals surface area contributed by atoms with Gasteiger partial charge in [0.25, 0.3) is 0 Å². The lowest BCUT2D eigenvalue weighted by molar-refractivity contribution is 0.0919. The number of rotatable bonds is 5. The highest BCUT2D eigenvalue weighted by atomic mass is 79.9. The molecule has 1 aromatic carbocycles. The summed E-state index contributed by atoms with van der Waals surface area (Å²) in [5.74, 6) is 1.64. The number of hydrogen-bond acceptors (Lipinski definition) is 3. The topological polar surface area (TPSA) is 47.3 Å². The van der Waals surface area contributed by atoms with Crippen LogP contribution in [-0.2, 0) is 6.54 Å². The number of aliphatic hydroxyl groups excluding tert-OH is 1. The van der Waals surface area contributed by atoms with E-state index in [-0.39, 0.29) is 6.61 Å². The molecule has 0 saturated heterocycles. The van der Waals surface area contributed by atoms with E-state index in [1.807, 2.05) is 42.0 Å². The summed E-state index contributed by atoms with van der Waals surface area (Å²) in [7, 11) is 0. The van der Waals surface area contributed by atoms with Crippen LogP contribution < -0.4 is 4.74 Å². The second-order valence-electron chi connectivity index (χ2n) is 4.05. The second-order valence-corrected chi connectivity index (χ2v) is 4.96. The lowest BCUT2D eigenvalue weighted by Gasteiger charge is -2.13. The SMILES string of the molecule is Cc1nccn1CC(O)COc1ccc(Br)cc1. The first-order valence-corrected chi connectivity index (χ1v) is 6.48. The van der Waals surface area contributed by atoms with Gasteiger partial charge in [-0.1, -0.05) is 15.9 Å². The van der Waals surface area contributed by atoms with Gasteiger partial charge in [0.2, 0.25) is 0 Å². The van der Waals surface area contributed by atoms with Crippen LogP contribution in [0.15, 0.2) is 41.1 Å². The molecule has 0 fully saturated rings. The third-order valence-electron chi connectivity index (χ3n) is 2.59. The highest BCUT2D eigenvalue weighted by molar-refractivity contribution is 9.10. The maximum absolute atomic E-state index is 9.88. The molecule has 1 heterocycles. The quantitative estimate of drug-likeness (QED) is 0.922. The molecule has 1 aromatic heterocycles. The van der Waals surface area contributed by atoms with Crippen LogP contribution in [0.1, 0.15) is 5.82 Å². The van der Waals surface area contributed by atoms with Crippen LogP contribution >= 0.6 is 15.9 Å². The molecule has 1 unspecified atom stereocenters. The molecule has 0 aliphatic rings. The van der Waals surface area contributed by atoms with Gasteiger partial charge in [0.15, 0.2) is 0 Å². The molecule has 96 valence electrons. The first-order chi connectivity index (χ1) is 8.65. The molecule has 2 aromatic rings. The molecule has 2 rings (SSSR count). The van der Waals surface area contributed by atoms with Gasteiger partial charge in [0.1, 0.15) is 24.3 Å². The summed E-state index contributed by atoms with van der Waals surface area (Å²) in [5.41, 5.74) is 0. The summed E-state index contributed by atoms with van der Waals surface area (Å²) in [6.45, 7) is 2.66. The fourth-order valence-electron chi connectivity index (χ4n) is 1.60. The molecule has 1 atom stereocenters. The van der Waals surface area contributed by atoms with Gasteiger partial charge >= 0.3 is 0 Å². The highest BCUT2D eigenvalue weighted by Gasteiger charge is 2.07. The Hall–Kier alpha value is -1.33. The number of benzene rings is 1. The predicted molar refractivity (Wildman–Crippen MR) is 72.6 cm³/mol. The summed E-state index contributed by atoms with van der Waals surface area (Å²) >= 11 is 3.36. The van der Waals surface area contributed by atoms with E-state index in [2.05, 4.69) is 20.9 Å². The van der Waals surface area contributed by atoms with Gasteiger partial charge in [-0.15, -0.1) is 0 Å². The average Bonchev–Trinajstić information content (AvgIpc) is 2.74. The minimum atomic E-state index is -0.554. The van der Waals surface area contributed by atoms with E-state index in [1.54, 1.807) is 6.20 Å². The maximum atomic E-state index is 9.88. The zero-order valence-corrected chi connectivity index (χ0v) is 11.7. The van der Waals surface area contributed by atoms with Gasteiger partial charge in [-0.25, -0.2) is 4.98 Å². The van der Waals surface area contributed by atoms with Crippen LogP contribution in [0.3, 0.4) is 0 Å². The Kier molecular flexibility index (Phi) is 4.38. The first kappa shape index (κ1) is 13.1. The Balaban J connectivity index is 1.83. The number of halogens is 1. The average molecular weight is 311 g/mol. The molecule has 0 spiro atoms. The summed E-state index contributed by atoms with van der Waals surface area (Å²) in [6.07, 6.45) is 3.01. The number of imidazole rings is 1. The van der Waals surface area contributed by atoms with Crippen LogP contribution in [0.2, 0.25) is 0 Å².